The van der Waals surface area contributed by atoms with Crippen LogP contribution in [-0.2, 0) is 36.8 Å². The van der Waals surface area contributed by atoms with Gasteiger partial charge in [-0.05, 0) is 60.9 Å². The van der Waals surface area contributed by atoms with Crippen molar-refractivity contribution in [1.29, 1.82) is 0 Å². The van der Waals surface area contributed by atoms with Crippen LogP contribution in [0.2, 0.25) is 0 Å². The minimum absolute atomic E-state index is 0.184. The lowest BCUT2D eigenvalue weighted by Gasteiger charge is -2.31. The molecule has 202 valence electrons. The second kappa shape index (κ2) is 11.3. The van der Waals surface area contributed by atoms with Gasteiger partial charge in [0.25, 0.3) is 0 Å². The molecule has 2 heterocycles. The summed E-state index contributed by atoms with van der Waals surface area (Å²) in [6.45, 7) is 2.42. The van der Waals surface area contributed by atoms with Crippen molar-refractivity contribution >= 4 is 29.4 Å². The molecule has 3 atom stereocenters. The minimum atomic E-state index is -0.636. The van der Waals surface area contributed by atoms with Gasteiger partial charge in [0.15, 0.2) is 0 Å². The summed E-state index contributed by atoms with van der Waals surface area (Å²) in [4.78, 5) is 54.2. The van der Waals surface area contributed by atoms with Gasteiger partial charge in [0.2, 0.25) is 11.8 Å². The second-order valence-corrected chi connectivity index (χ2v) is 10.0. The first-order valence-electron chi connectivity index (χ1n) is 13.4. The molecule has 2 aliphatic rings. The van der Waals surface area contributed by atoms with Crippen LogP contribution in [0.25, 0.3) is 0 Å². The highest BCUT2D eigenvalue weighted by atomic mass is 16.5. The van der Waals surface area contributed by atoms with Crippen LogP contribution in [0.1, 0.15) is 59.3 Å². The molecule has 0 N–H and O–H groups in total. The zero-order valence-electron chi connectivity index (χ0n) is 22.2. The predicted octanol–water partition coefficient (Wildman–Crippen LogP) is 4.50. The van der Waals surface area contributed by atoms with Gasteiger partial charge in [0.05, 0.1) is 31.2 Å². The number of carbonyl (C=O) groups is 4. The van der Waals surface area contributed by atoms with Gasteiger partial charge in [-0.25, -0.2) is 4.79 Å². The largest absolute Gasteiger partial charge is 0.469 e. The van der Waals surface area contributed by atoms with Gasteiger partial charge >= 0.3 is 11.9 Å². The number of para-hydroxylation sites is 1. The molecule has 0 spiro atoms. The van der Waals surface area contributed by atoms with E-state index in [1.165, 1.54) is 12.0 Å². The highest BCUT2D eigenvalue weighted by Gasteiger charge is 2.55. The van der Waals surface area contributed by atoms with Gasteiger partial charge in [-0.1, -0.05) is 48.5 Å². The van der Waals surface area contributed by atoms with E-state index < -0.39 is 23.7 Å². The van der Waals surface area contributed by atoms with Gasteiger partial charge in [-0.3, -0.25) is 19.3 Å². The van der Waals surface area contributed by atoms with Gasteiger partial charge < -0.3 is 14.0 Å². The van der Waals surface area contributed by atoms with Crippen molar-refractivity contribution in [2.75, 3.05) is 18.6 Å². The van der Waals surface area contributed by atoms with Crippen LogP contribution >= 0.6 is 0 Å². The number of rotatable bonds is 9. The number of benzene rings is 2. The summed E-state index contributed by atoms with van der Waals surface area (Å²) >= 11 is 0. The zero-order valence-corrected chi connectivity index (χ0v) is 22.2. The Hall–Kier alpha value is -4.20. The molecular weight excluding hydrogens is 496 g/mol. The number of nitrogens with zero attached hydrogens (tertiary/aromatic N) is 2. The number of fused-ring (bicyclic) bond motifs is 2. The number of ether oxygens (including phenoxy) is 2. The van der Waals surface area contributed by atoms with E-state index in [0.29, 0.717) is 37.2 Å². The Bertz CT molecular complexity index is 1380. The normalized spacial score (nSPS) is 19.9. The standard InChI is InChI=1S/C31H32N2O6/c1-3-39-31(37)28-26-21(19-32(28)18-20-11-6-4-7-12-20)17-24-27(23(26)15-10-16-25(34)38-2)30(36)33(29(24)35)22-13-8-5-9-14-22/h4-9,11-14,19,23-24,27H,3,10,15-18H2,1-2H3/t23-,24+,27-/m0/s1. The molecule has 3 aromatic rings. The Morgan fingerprint density at radius 2 is 1.67 bits per heavy atom. The molecule has 2 aromatic carbocycles. The summed E-state index contributed by atoms with van der Waals surface area (Å²) < 4.78 is 12.2. The summed E-state index contributed by atoms with van der Waals surface area (Å²) in [6, 6.07) is 18.7. The van der Waals surface area contributed by atoms with Gasteiger partial charge in [0, 0.05) is 19.2 Å². The molecule has 0 radical (unpaired) electrons. The molecular formula is C31H32N2O6. The number of methoxy groups -OCH3 is 1. The van der Waals surface area contributed by atoms with E-state index in [1.807, 2.05) is 47.2 Å². The second-order valence-electron chi connectivity index (χ2n) is 10.0. The summed E-state index contributed by atoms with van der Waals surface area (Å²) in [5.74, 6) is -2.90. The maximum absolute atomic E-state index is 13.9. The van der Waals surface area contributed by atoms with E-state index in [-0.39, 0.29) is 30.8 Å². The molecule has 8 nitrogen and oxygen atoms in total. The lowest BCUT2D eigenvalue weighted by molar-refractivity contribution is -0.140. The van der Waals surface area contributed by atoms with Crippen LogP contribution < -0.4 is 4.90 Å². The average Bonchev–Trinajstić information content (AvgIpc) is 3.43. The Balaban J connectivity index is 1.60. The average molecular weight is 529 g/mol. The smallest absolute Gasteiger partial charge is 0.355 e. The molecule has 5 rings (SSSR count). The van der Waals surface area contributed by atoms with E-state index in [4.69, 9.17) is 9.47 Å². The third kappa shape index (κ3) is 4.99. The summed E-state index contributed by atoms with van der Waals surface area (Å²) in [5.41, 5.74) is 3.59. The minimum Gasteiger partial charge on any atom is -0.469 e. The van der Waals surface area contributed by atoms with E-state index in [0.717, 1.165) is 16.7 Å². The number of aromatic nitrogens is 1. The van der Waals surface area contributed by atoms with Gasteiger partial charge in [0.1, 0.15) is 5.69 Å². The van der Waals surface area contributed by atoms with Gasteiger partial charge in [-0.15, -0.1) is 0 Å². The number of anilines is 1. The highest BCUT2D eigenvalue weighted by Crippen LogP contribution is 2.50. The molecule has 1 saturated heterocycles. The van der Waals surface area contributed by atoms with E-state index >= 15 is 0 Å². The third-order valence-corrected chi connectivity index (χ3v) is 7.72. The molecule has 1 aliphatic heterocycles. The number of hydrogen-bond acceptors (Lipinski definition) is 6. The van der Waals surface area contributed by atoms with Crippen LogP contribution in [0, 0.1) is 11.8 Å². The lowest BCUT2D eigenvalue weighted by Crippen LogP contribution is -2.33. The molecule has 1 fully saturated rings. The third-order valence-electron chi connectivity index (χ3n) is 7.72. The quantitative estimate of drug-likeness (QED) is 0.300. The van der Waals surface area contributed by atoms with Crippen LogP contribution in [0.5, 0.6) is 0 Å². The maximum atomic E-state index is 13.9. The molecule has 39 heavy (non-hydrogen) atoms. The Morgan fingerprint density at radius 3 is 2.33 bits per heavy atom. The fourth-order valence-corrected chi connectivity index (χ4v) is 6.09. The van der Waals surface area contributed by atoms with E-state index in [1.54, 1.807) is 31.2 Å². The fraction of sp³-hybridized carbons (Fsp3) is 0.355. The Kier molecular flexibility index (Phi) is 7.63. The number of imide groups is 1. The highest BCUT2D eigenvalue weighted by molar-refractivity contribution is 6.22. The van der Waals surface area contributed by atoms with Crippen molar-refractivity contribution in [3.8, 4) is 0 Å². The molecule has 1 aliphatic carbocycles. The van der Waals surface area contributed by atoms with Crippen molar-refractivity contribution in [3.05, 3.63) is 89.2 Å². The van der Waals surface area contributed by atoms with Crippen molar-refractivity contribution in [3.63, 3.8) is 0 Å². The predicted molar refractivity (Wildman–Crippen MR) is 144 cm³/mol. The molecule has 2 amide bonds. The number of hydrogen-bond donors (Lipinski definition) is 0. The first-order valence-corrected chi connectivity index (χ1v) is 13.4. The first kappa shape index (κ1) is 26.4. The molecule has 1 aromatic heterocycles. The van der Waals surface area contributed by atoms with E-state index in [2.05, 4.69) is 0 Å². The van der Waals surface area contributed by atoms with Crippen LogP contribution in [0.4, 0.5) is 5.69 Å². The number of esters is 2. The van der Waals surface area contributed by atoms with Crippen molar-refractivity contribution < 1.29 is 28.7 Å². The van der Waals surface area contributed by atoms with Crippen molar-refractivity contribution in [1.82, 2.24) is 4.57 Å². The van der Waals surface area contributed by atoms with Crippen LogP contribution in [-0.4, -0.2) is 42.0 Å². The molecule has 0 unspecified atom stereocenters. The summed E-state index contributed by atoms with van der Waals surface area (Å²) in [7, 11) is 1.34. The number of carbonyl (C=O) groups excluding carboxylic acids is 4. The Labute approximate surface area is 227 Å². The molecule has 0 bridgehead atoms. The van der Waals surface area contributed by atoms with Crippen molar-refractivity contribution in [2.24, 2.45) is 11.8 Å². The van der Waals surface area contributed by atoms with Gasteiger partial charge in [-0.2, -0.15) is 0 Å². The zero-order chi connectivity index (χ0) is 27.5. The summed E-state index contributed by atoms with van der Waals surface area (Å²) in [6.07, 6.45) is 3.38. The number of amides is 2. The van der Waals surface area contributed by atoms with Crippen molar-refractivity contribution in [2.45, 2.75) is 45.1 Å². The maximum Gasteiger partial charge on any atom is 0.355 e. The molecule has 8 heteroatoms. The Morgan fingerprint density at radius 1 is 0.974 bits per heavy atom. The van der Waals surface area contributed by atoms with Crippen LogP contribution in [0.3, 0.4) is 0 Å². The van der Waals surface area contributed by atoms with Crippen LogP contribution in [0.15, 0.2) is 66.9 Å². The topological polar surface area (TPSA) is 94.9 Å². The molecule has 0 saturated carbocycles. The fourth-order valence-electron chi connectivity index (χ4n) is 6.09. The monoisotopic (exact) mass is 528 g/mol. The lowest BCUT2D eigenvalue weighted by atomic mass is 9.69. The first-order chi connectivity index (χ1) is 18.9. The van der Waals surface area contributed by atoms with E-state index in [9.17, 15) is 19.2 Å². The SMILES string of the molecule is CCOC(=O)c1c2c(cn1Cc1ccccc1)C[C@H]1C(=O)N(c3ccccc3)C(=O)[C@H]1[C@H]2CCCC(=O)OC. The summed E-state index contributed by atoms with van der Waals surface area (Å²) in [5, 5.41) is 0.